The highest BCUT2D eigenvalue weighted by atomic mass is 32.2. The number of rotatable bonds is 3. The highest BCUT2D eigenvalue weighted by molar-refractivity contribution is 7.91. The molecule has 1 N–H and O–H groups in total. The normalized spacial score (nSPS) is 25.2. The number of benzene rings is 1. The number of nitro benzene ring substituents is 1. The van der Waals surface area contributed by atoms with Crippen LogP contribution in [-0.2, 0) is 9.84 Å². The van der Waals surface area contributed by atoms with E-state index in [4.69, 9.17) is 4.74 Å². The molecule has 1 aromatic rings. The lowest BCUT2D eigenvalue weighted by Crippen LogP contribution is -2.30. The minimum absolute atomic E-state index is 0.500. The van der Waals surface area contributed by atoms with Gasteiger partial charge in [0, 0.05) is 6.07 Å². The predicted molar refractivity (Wildman–Crippen MR) is 62.1 cm³/mol. The Bertz CT molecular complexity index is 616. The molecule has 0 saturated carbocycles. The number of sulfone groups is 1. The Hall–Kier alpha value is -1.74. The number of nitro groups is 1. The van der Waals surface area contributed by atoms with Crippen molar-refractivity contribution in [3.05, 3.63) is 34.1 Å². The minimum atomic E-state index is -3.48. The van der Waals surface area contributed by atoms with Gasteiger partial charge in [0.1, 0.15) is 12.2 Å². The summed E-state index contributed by atoms with van der Waals surface area (Å²) >= 11 is 0. The number of ether oxygens (including phenoxy) is 1. The molecule has 2 atom stereocenters. The van der Waals surface area contributed by atoms with E-state index in [-0.39, 0.29) is 0 Å². The largest absolute Gasteiger partial charge is 0.478 e. The zero-order valence-corrected chi connectivity index (χ0v) is 10.3. The number of nitrogens with zero attached hydrogens (tertiary/aromatic N) is 1. The van der Waals surface area contributed by atoms with Gasteiger partial charge in [-0.3, -0.25) is 10.1 Å². The van der Waals surface area contributed by atoms with Crippen molar-refractivity contribution < 1.29 is 27.6 Å². The first-order chi connectivity index (χ1) is 8.80. The molecular weight excluding hydrogens is 281 g/mol. The van der Waals surface area contributed by atoms with Gasteiger partial charge < -0.3 is 9.84 Å². The minimum Gasteiger partial charge on any atom is -0.478 e. The van der Waals surface area contributed by atoms with E-state index in [1.165, 1.54) is 0 Å². The van der Waals surface area contributed by atoms with Crippen LogP contribution in [0.1, 0.15) is 0 Å². The highest BCUT2D eigenvalue weighted by Crippen LogP contribution is 2.32. The summed E-state index contributed by atoms with van der Waals surface area (Å²) in [7, 11) is -3.48. The van der Waals surface area contributed by atoms with E-state index >= 15 is 0 Å². The molecule has 0 aliphatic carbocycles. The molecule has 0 spiro atoms. The fourth-order valence-corrected chi connectivity index (χ4v) is 3.48. The Kier molecular flexibility index (Phi) is 3.42. The molecule has 0 bridgehead atoms. The quantitative estimate of drug-likeness (QED) is 0.633. The van der Waals surface area contributed by atoms with Gasteiger partial charge in [-0.05, 0) is 6.07 Å². The molecule has 0 amide bonds. The molecule has 1 saturated heterocycles. The second-order valence-corrected chi connectivity index (χ2v) is 6.30. The van der Waals surface area contributed by atoms with Gasteiger partial charge in [-0.2, -0.15) is 0 Å². The van der Waals surface area contributed by atoms with Crippen LogP contribution in [0.4, 0.5) is 10.1 Å². The molecular formula is C10H10FNO6S. The standard InChI is InChI=1S/C10H10FNO6S/c11-6-2-1-3-7(12(14)15)10(6)18-9-5-19(16,17)4-8(9)13/h1-3,8-9,13H,4-5H2. The number of hydrogen-bond donors (Lipinski definition) is 1. The Morgan fingerprint density at radius 1 is 1.42 bits per heavy atom. The average molecular weight is 291 g/mol. The van der Waals surface area contributed by atoms with Gasteiger partial charge in [0.15, 0.2) is 15.7 Å². The van der Waals surface area contributed by atoms with Crippen LogP contribution in [-0.4, -0.2) is 42.2 Å². The monoisotopic (exact) mass is 291 g/mol. The first-order valence-electron chi connectivity index (χ1n) is 5.28. The van der Waals surface area contributed by atoms with Crippen LogP contribution in [0.15, 0.2) is 18.2 Å². The predicted octanol–water partition coefficient (Wildman–Crippen LogP) is 0.271. The maximum Gasteiger partial charge on any atom is 0.314 e. The number of halogens is 1. The van der Waals surface area contributed by atoms with Gasteiger partial charge in [0.05, 0.1) is 16.4 Å². The van der Waals surface area contributed by atoms with Crippen molar-refractivity contribution in [2.75, 3.05) is 11.5 Å². The third-order valence-electron chi connectivity index (χ3n) is 2.68. The Labute approximate surface area is 107 Å². The maximum atomic E-state index is 13.5. The summed E-state index contributed by atoms with van der Waals surface area (Å²) in [6, 6.07) is 3.13. The third kappa shape index (κ3) is 2.82. The summed E-state index contributed by atoms with van der Waals surface area (Å²) in [6.45, 7) is 0. The fourth-order valence-electron chi connectivity index (χ4n) is 1.82. The Morgan fingerprint density at radius 2 is 2.11 bits per heavy atom. The lowest BCUT2D eigenvalue weighted by atomic mass is 10.2. The van der Waals surface area contributed by atoms with E-state index in [0.717, 1.165) is 18.2 Å². The zero-order valence-electron chi connectivity index (χ0n) is 9.52. The second kappa shape index (κ2) is 4.74. The molecule has 0 aromatic heterocycles. The molecule has 1 fully saturated rings. The van der Waals surface area contributed by atoms with Crippen LogP contribution >= 0.6 is 0 Å². The topological polar surface area (TPSA) is 107 Å². The van der Waals surface area contributed by atoms with Crippen molar-refractivity contribution in [3.8, 4) is 5.75 Å². The molecule has 7 nitrogen and oxygen atoms in total. The van der Waals surface area contributed by atoms with Crippen LogP contribution in [0.25, 0.3) is 0 Å². The lowest BCUT2D eigenvalue weighted by molar-refractivity contribution is -0.386. The third-order valence-corrected chi connectivity index (χ3v) is 4.37. The van der Waals surface area contributed by atoms with Crippen LogP contribution in [0.5, 0.6) is 5.75 Å². The fraction of sp³-hybridized carbons (Fsp3) is 0.400. The molecule has 1 aliphatic rings. The van der Waals surface area contributed by atoms with Crippen molar-refractivity contribution in [1.82, 2.24) is 0 Å². The molecule has 1 heterocycles. The summed E-state index contributed by atoms with van der Waals surface area (Å²) in [5, 5.41) is 20.2. The van der Waals surface area contributed by atoms with E-state index in [1.54, 1.807) is 0 Å². The van der Waals surface area contributed by atoms with Crippen LogP contribution in [0.3, 0.4) is 0 Å². The van der Waals surface area contributed by atoms with Gasteiger partial charge in [-0.1, -0.05) is 6.07 Å². The summed E-state index contributed by atoms with van der Waals surface area (Å²) in [6.07, 6.45) is -2.54. The van der Waals surface area contributed by atoms with Crippen LogP contribution in [0, 0.1) is 15.9 Å². The number of hydrogen-bond acceptors (Lipinski definition) is 6. The number of aliphatic hydroxyl groups excluding tert-OH is 1. The van der Waals surface area contributed by atoms with Crippen molar-refractivity contribution in [3.63, 3.8) is 0 Å². The van der Waals surface area contributed by atoms with Crippen LogP contribution < -0.4 is 4.74 Å². The Balaban J connectivity index is 2.32. The number of aliphatic hydroxyl groups is 1. The van der Waals surface area contributed by atoms with Crippen LogP contribution in [0.2, 0.25) is 0 Å². The molecule has 9 heteroatoms. The summed E-state index contributed by atoms with van der Waals surface area (Å²) < 4.78 is 41.1. The lowest BCUT2D eigenvalue weighted by Gasteiger charge is -2.15. The molecule has 1 aromatic carbocycles. The molecule has 2 rings (SSSR count). The van der Waals surface area contributed by atoms with E-state index in [1.807, 2.05) is 0 Å². The van der Waals surface area contributed by atoms with Gasteiger partial charge in [-0.15, -0.1) is 0 Å². The molecule has 19 heavy (non-hydrogen) atoms. The first kappa shape index (κ1) is 13.7. The highest BCUT2D eigenvalue weighted by Gasteiger charge is 2.39. The van der Waals surface area contributed by atoms with E-state index in [0.29, 0.717) is 0 Å². The van der Waals surface area contributed by atoms with Crippen molar-refractivity contribution >= 4 is 15.5 Å². The number of para-hydroxylation sites is 1. The van der Waals surface area contributed by atoms with Gasteiger partial charge in [0.25, 0.3) is 0 Å². The smallest absolute Gasteiger partial charge is 0.314 e. The van der Waals surface area contributed by atoms with E-state index in [9.17, 15) is 28.0 Å². The van der Waals surface area contributed by atoms with Crippen molar-refractivity contribution in [2.45, 2.75) is 12.2 Å². The zero-order chi connectivity index (χ0) is 14.2. The van der Waals surface area contributed by atoms with Crippen molar-refractivity contribution in [1.29, 1.82) is 0 Å². The second-order valence-electron chi connectivity index (χ2n) is 4.15. The average Bonchev–Trinajstić information content (AvgIpc) is 2.54. The molecule has 104 valence electrons. The maximum absolute atomic E-state index is 13.5. The molecule has 2 unspecified atom stereocenters. The molecule has 1 aliphatic heterocycles. The van der Waals surface area contributed by atoms with Gasteiger partial charge >= 0.3 is 5.69 Å². The van der Waals surface area contributed by atoms with E-state index < -0.39 is 55.7 Å². The van der Waals surface area contributed by atoms with Gasteiger partial charge in [0.2, 0.25) is 5.75 Å². The summed E-state index contributed by atoms with van der Waals surface area (Å²) in [5.74, 6) is -2.64. The van der Waals surface area contributed by atoms with E-state index in [2.05, 4.69) is 0 Å². The SMILES string of the molecule is O=[N+]([O-])c1cccc(F)c1OC1CS(=O)(=O)CC1O. The first-order valence-corrected chi connectivity index (χ1v) is 7.10. The van der Waals surface area contributed by atoms with Crippen molar-refractivity contribution in [2.24, 2.45) is 0 Å². The molecule has 0 radical (unpaired) electrons. The summed E-state index contributed by atoms with van der Waals surface area (Å²) in [4.78, 5) is 9.90. The van der Waals surface area contributed by atoms with Gasteiger partial charge in [-0.25, -0.2) is 12.8 Å². The summed E-state index contributed by atoms with van der Waals surface area (Å²) in [5.41, 5.74) is -0.614. The Morgan fingerprint density at radius 3 is 2.63 bits per heavy atom.